The molecule has 16 heavy (non-hydrogen) atoms. The quantitative estimate of drug-likeness (QED) is 0.766. The standard InChI is InChI=1S/C11H18N4S/c1-14(2)6-7-15(3)9-4-5-13-10(8-9)11(12)16/h4-5,8H,6-7H2,1-3H3,(H2,12,16). The van der Waals surface area contributed by atoms with Crippen LogP contribution in [-0.2, 0) is 0 Å². The summed E-state index contributed by atoms with van der Waals surface area (Å²) in [4.78, 5) is 8.75. The third kappa shape index (κ3) is 3.75. The van der Waals surface area contributed by atoms with Gasteiger partial charge in [-0.15, -0.1) is 0 Å². The molecular formula is C11H18N4S. The Hall–Kier alpha value is -1.20. The van der Waals surface area contributed by atoms with Gasteiger partial charge in [-0.3, -0.25) is 4.98 Å². The molecule has 4 nitrogen and oxygen atoms in total. The minimum atomic E-state index is 0.336. The van der Waals surface area contributed by atoms with Crippen LogP contribution in [0.2, 0.25) is 0 Å². The van der Waals surface area contributed by atoms with E-state index in [4.69, 9.17) is 18.0 Å². The molecule has 0 aliphatic heterocycles. The zero-order valence-corrected chi connectivity index (χ0v) is 10.8. The van der Waals surface area contributed by atoms with Crippen molar-refractivity contribution in [3.63, 3.8) is 0 Å². The normalized spacial score (nSPS) is 10.5. The van der Waals surface area contributed by atoms with Gasteiger partial charge in [-0.2, -0.15) is 0 Å². The monoisotopic (exact) mass is 238 g/mol. The average molecular weight is 238 g/mol. The van der Waals surface area contributed by atoms with Gasteiger partial charge in [0.25, 0.3) is 0 Å². The topological polar surface area (TPSA) is 45.4 Å². The molecule has 0 radical (unpaired) electrons. The van der Waals surface area contributed by atoms with Crippen LogP contribution in [0, 0.1) is 0 Å². The number of aromatic nitrogens is 1. The Balaban J connectivity index is 2.71. The van der Waals surface area contributed by atoms with E-state index in [1.165, 1.54) is 0 Å². The van der Waals surface area contributed by atoms with E-state index in [0.29, 0.717) is 10.7 Å². The number of likely N-dealkylation sites (N-methyl/N-ethyl adjacent to an activating group) is 2. The molecule has 2 N–H and O–H groups in total. The minimum absolute atomic E-state index is 0.336. The van der Waals surface area contributed by atoms with Crippen LogP contribution in [-0.4, -0.2) is 49.1 Å². The minimum Gasteiger partial charge on any atom is -0.388 e. The van der Waals surface area contributed by atoms with Gasteiger partial charge in [-0.05, 0) is 26.2 Å². The second-order valence-electron chi connectivity index (χ2n) is 3.99. The van der Waals surface area contributed by atoms with Crippen molar-refractivity contribution in [3.05, 3.63) is 24.0 Å². The number of anilines is 1. The van der Waals surface area contributed by atoms with Gasteiger partial charge in [-0.25, -0.2) is 0 Å². The lowest BCUT2D eigenvalue weighted by molar-refractivity contribution is 0.416. The molecule has 1 heterocycles. The Labute approximate surface area is 102 Å². The molecule has 0 aliphatic carbocycles. The van der Waals surface area contributed by atoms with Gasteiger partial charge in [0.1, 0.15) is 4.99 Å². The maximum atomic E-state index is 5.55. The lowest BCUT2D eigenvalue weighted by atomic mass is 10.3. The third-order valence-corrected chi connectivity index (χ3v) is 2.53. The van der Waals surface area contributed by atoms with Crippen LogP contribution in [0.15, 0.2) is 18.3 Å². The van der Waals surface area contributed by atoms with Crippen molar-refractivity contribution in [2.75, 3.05) is 39.1 Å². The number of nitrogens with zero attached hydrogens (tertiary/aromatic N) is 3. The summed E-state index contributed by atoms with van der Waals surface area (Å²) in [5.74, 6) is 0. The van der Waals surface area contributed by atoms with E-state index in [2.05, 4.69) is 28.9 Å². The highest BCUT2D eigenvalue weighted by atomic mass is 32.1. The number of pyridine rings is 1. The largest absolute Gasteiger partial charge is 0.388 e. The average Bonchev–Trinajstić information content (AvgIpc) is 2.26. The van der Waals surface area contributed by atoms with Crippen LogP contribution in [0.1, 0.15) is 5.69 Å². The first kappa shape index (κ1) is 12.9. The maximum Gasteiger partial charge on any atom is 0.122 e. The molecule has 0 aliphatic rings. The van der Waals surface area contributed by atoms with E-state index in [1.807, 2.05) is 19.2 Å². The van der Waals surface area contributed by atoms with Crippen LogP contribution in [0.3, 0.4) is 0 Å². The summed E-state index contributed by atoms with van der Waals surface area (Å²) < 4.78 is 0. The highest BCUT2D eigenvalue weighted by Gasteiger charge is 2.04. The molecule has 1 rings (SSSR count). The molecule has 5 heteroatoms. The van der Waals surface area contributed by atoms with Gasteiger partial charge < -0.3 is 15.5 Å². The summed E-state index contributed by atoms with van der Waals surface area (Å²) in [6.07, 6.45) is 1.73. The molecule has 0 spiro atoms. The first-order valence-electron chi connectivity index (χ1n) is 5.12. The Morgan fingerprint density at radius 2 is 2.06 bits per heavy atom. The van der Waals surface area contributed by atoms with Gasteiger partial charge in [0.05, 0.1) is 5.69 Å². The number of thiocarbonyl (C=S) groups is 1. The van der Waals surface area contributed by atoms with Crippen LogP contribution >= 0.6 is 12.2 Å². The number of hydrogen-bond donors (Lipinski definition) is 1. The molecule has 0 saturated heterocycles. The molecule has 0 saturated carbocycles. The van der Waals surface area contributed by atoms with Gasteiger partial charge in [0, 0.05) is 32.0 Å². The molecular weight excluding hydrogens is 220 g/mol. The Morgan fingerprint density at radius 3 is 2.62 bits per heavy atom. The Bertz CT molecular complexity index is 365. The van der Waals surface area contributed by atoms with E-state index < -0.39 is 0 Å². The smallest absolute Gasteiger partial charge is 0.122 e. The molecule has 1 aromatic heterocycles. The summed E-state index contributed by atoms with van der Waals surface area (Å²) in [5.41, 5.74) is 7.30. The van der Waals surface area contributed by atoms with Crippen LogP contribution in [0.4, 0.5) is 5.69 Å². The fourth-order valence-electron chi connectivity index (χ4n) is 1.27. The molecule has 0 amide bonds. The second kappa shape index (κ2) is 5.77. The van der Waals surface area contributed by atoms with Gasteiger partial charge in [0.2, 0.25) is 0 Å². The van der Waals surface area contributed by atoms with Crippen LogP contribution < -0.4 is 10.6 Å². The van der Waals surface area contributed by atoms with Crippen molar-refractivity contribution in [2.45, 2.75) is 0 Å². The summed E-state index contributed by atoms with van der Waals surface area (Å²) in [5, 5.41) is 0. The lowest BCUT2D eigenvalue weighted by Gasteiger charge is -2.21. The lowest BCUT2D eigenvalue weighted by Crippen LogP contribution is -2.28. The number of rotatable bonds is 5. The first-order valence-corrected chi connectivity index (χ1v) is 5.53. The summed E-state index contributed by atoms with van der Waals surface area (Å²) in [6.45, 7) is 1.95. The van der Waals surface area contributed by atoms with Crippen LogP contribution in [0.5, 0.6) is 0 Å². The van der Waals surface area contributed by atoms with Crippen molar-refractivity contribution in [1.82, 2.24) is 9.88 Å². The summed E-state index contributed by atoms with van der Waals surface area (Å²) in [7, 11) is 6.16. The highest BCUT2D eigenvalue weighted by molar-refractivity contribution is 7.80. The van der Waals surface area contributed by atoms with Crippen molar-refractivity contribution in [1.29, 1.82) is 0 Å². The predicted molar refractivity (Wildman–Crippen MR) is 71.9 cm³/mol. The molecule has 0 aromatic carbocycles. The summed E-state index contributed by atoms with van der Waals surface area (Å²) in [6, 6.07) is 3.87. The fourth-order valence-corrected chi connectivity index (χ4v) is 1.38. The number of hydrogen-bond acceptors (Lipinski definition) is 4. The molecule has 0 unspecified atom stereocenters. The zero-order chi connectivity index (χ0) is 12.1. The van der Waals surface area contributed by atoms with Crippen molar-refractivity contribution >= 4 is 22.9 Å². The van der Waals surface area contributed by atoms with Crippen LogP contribution in [0.25, 0.3) is 0 Å². The Morgan fingerprint density at radius 1 is 1.38 bits per heavy atom. The van der Waals surface area contributed by atoms with Gasteiger partial charge in [0.15, 0.2) is 0 Å². The van der Waals surface area contributed by atoms with E-state index in [9.17, 15) is 0 Å². The van der Waals surface area contributed by atoms with E-state index >= 15 is 0 Å². The van der Waals surface area contributed by atoms with Crippen molar-refractivity contribution in [2.24, 2.45) is 5.73 Å². The second-order valence-corrected chi connectivity index (χ2v) is 4.43. The molecule has 0 fully saturated rings. The highest BCUT2D eigenvalue weighted by Crippen LogP contribution is 2.12. The van der Waals surface area contributed by atoms with Crippen molar-refractivity contribution < 1.29 is 0 Å². The van der Waals surface area contributed by atoms with E-state index in [1.54, 1.807) is 6.20 Å². The van der Waals surface area contributed by atoms with E-state index in [-0.39, 0.29) is 0 Å². The SMILES string of the molecule is CN(C)CCN(C)c1ccnc(C(N)=S)c1. The number of nitrogens with two attached hydrogens (primary N) is 1. The molecule has 1 aromatic rings. The molecule has 0 bridgehead atoms. The van der Waals surface area contributed by atoms with Crippen molar-refractivity contribution in [3.8, 4) is 0 Å². The third-order valence-electron chi connectivity index (χ3n) is 2.32. The fraction of sp³-hybridized carbons (Fsp3) is 0.455. The first-order chi connectivity index (χ1) is 7.50. The van der Waals surface area contributed by atoms with E-state index in [0.717, 1.165) is 18.8 Å². The molecule has 88 valence electrons. The van der Waals surface area contributed by atoms with Gasteiger partial charge in [-0.1, -0.05) is 12.2 Å². The molecule has 0 atom stereocenters. The summed E-state index contributed by atoms with van der Waals surface area (Å²) >= 11 is 4.90. The zero-order valence-electron chi connectivity index (χ0n) is 9.97. The maximum absolute atomic E-state index is 5.55. The predicted octanol–water partition coefficient (Wildman–Crippen LogP) is 0.714. The van der Waals surface area contributed by atoms with Gasteiger partial charge >= 0.3 is 0 Å². The Kier molecular flexibility index (Phi) is 4.64.